The second-order valence-corrected chi connectivity index (χ2v) is 4.12. The molecule has 4 nitrogen and oxygen atoms in total. The third-order valence-electron chi connectivity index (χ3n) is 2.70. The smallest absolute Gasteiger partial charge is 0.307 e. The summed E-state index contributed by atoms with van der Waals surface area (Å²) in [4.78, 5) is 15.9. The van der Waals surface area contributed by atoms with E-state index >= 15 is 0 Å². The highest BCUT2D eigenvalue weighted by atomic mass is 16.5. The molecule has 0 aliphatic carbocycles. The van der Waals surface area contributed by atoms with Crippen LogP contribution in [0.3, 0.4) is 0 Å². The molecule has 17 heavy (non-hydrogen) atoms. The first-order valence-electron chi connectivity index (χ1n) is 6.79. The molecular weight excluding hydrogens is 216 g/mol. The molecule has 0 unspecified atom stereocenters. The zero-order valence-corrected chi connectivity index (χ0v) is 11.9. The fourth-order valence-corrected chi connectivity index (χ4v) is 1.61. The molecule has 0 bridgehead atoms. The van der Waals surface area contributed by atoms with E-state index in [2.05, 4.69) is 16.8 Å². The zero-order valence-electron chi connectivity index (χ0n) is 11.9. The van der Waals surface area contributed by atoms with Gasteiger partial charge in [-0.1, -0.05) is 20.8 Å². The van der Waals surface area contributed by atoms with Crippen LogP contribution in [-0.2, 0) is 9.53 Å². The third-order valence-corrected chi connectivity index (χ3v) is 2.70. The first kappa shape index (κ1) is 16.4. The highest BCUT2D eigenvalue weighted by Gasteiger charge is 2.14. The van der Waals surface area contributed by atoms with Crippen molar-refractivity contribution in [2.45, 2.75) is 33.6 Å². The Hall–Kier alpha value is -0.610. The Labute approximate surface area is 106 Å². The van der Waals surface area contributed by atoms with Crippen LogP contribution in [0.1, 0.15) is 33.6 Å². The van der Waals surface area contributed by atoms with Crippen molar-refractivity contribution in [3.63, 3.8) is 0 Å². The number of ether oxygens (including phenoxy) is 1. The number of rotatable bonds is 5. The minimum absolute atomic E-state index is 0.0595. The highest BCUT2D eigenvalue weighted by Crippen LogP contribution is 2.00. The molecule has 0 aromatic rings. The van der Waals surface area contributed by atoms with E-state index in [0.717, 1.165) is 39.1 Å². The first-order chi connectivity index (χ1) is 8.22. The molecule has 1 heterocycles. The van der Waals surface area contributed by atoms with Gasteiger partial charge in [0.25, 0.3) is 0 Å². The molecule has 102 valence electrons. The molecule has 0 spiro atoms. The second-order valence-electron chi connectivity index (χ2n) is 4.12. The third kappa shape index (κ3) is 8.16. The fraction of sp³-hybridized carbons (Fsp3) is 0.923. The number of nitrogens with zero attached hydrogens (tertiary/aromatic N) is 2. The summed E-state index contributed by atoms with van der Waals surface area (Å²) in [6, 6.07) is 0. The monoisotopic (exact) mass is 244 g/mol. The summed E-state index contributed by atoms with van der Waals surface area (Å²) < 4.78 is 5.03. The first-order valence-corrected chi connectivity index (χ1v) is 6.79. The van der Waals surface area contributed by atoms with Crippen LogP contribution < -0.4 is 0 Å². The van der Waals surface area contributed by atoms with Crippen molar-refractivity contribution in [1.29, 1.82) is 0 Å². The molecule has 0 aromatic heterocycles. The summed E-state index contributed by atoms with van der Waals surface area (Å²) >= 11 is 0. The predicted octanol–water partition coefficient (Wildman–Crippen LogP) is 1.60. The van der Waals surface area contributed by atoms with Gasteiger partial charge in [-0.15, -0.1) is 0 Å². The lowest BCUT2D eigenvalue weighted by Crippen LogP contribution is -2.45. The Balaban J connectivity index is 0.00000121. The van der Waals surface area contributed by atoms with Crippen molar-refractivity contribution in [3.05, 3.63) is 0 Å². The molecule has 0 aromatic carbocycles. The van der Waals surface area contributed by atoms with Gasteiger partial charge in [0.2, 0.25) is 0 Å². The Morgan fingerprint density at radius 2 is 1.76 bits per heavy atom. The molecule has 0 radical (unpaired) electrons. The van der Waals surface area contributed by atoms with E-state index in [1.54, 1.807) is 0 Å². The summed E-state index contributed by atoms with van der Waals surface area (Å²) in [5.41, 5.74) is 0. The number of carbonyl (C=O) groups excluding carboxylic acids is 1. The Bertz CT molecular complexity index is 190. The average Bonchev–Trinajstić information content (AvgIpc) is 2.38. The zero-order chi connectivity index (χ0) is 13.1. The van der Waals surface area contributed by atoms with Crippen LogP contribution in [0.15, 0.2) is 0 Å². The van der Waals surface area contributed by atoms with Crippen LogP contribution in [0, 0.1) is 0 Å². The standard InChI is InChI=1S/C11H22N2O2.C2H6/c1-3-10-15-11(14)4-5-13-8-6-12(2)7-9-13;1-2/h3-10H2,1-2H3;1-2H3. The molecule has 0 amide bonds. The fourth-order valence-electron chi connectivity index (χ4n) is 1.61. The lowest BCUT2D eigenvalue weighted by molar-refractivity contribution is -0.144. The van der Waals surface area contributed by atoms with Gasteiger partial charge < -0.3 is 14.5 Å². The summed E-state index contributed by atoms with van der Waals surface area (Å²) in [6.45, 7) is 11.7. The van der Waals surface area contributed by atoms with E-state index < -0.39 is 0 Å². The maximum atomic E-state index is 11.2. The van der Waals surface area contributed by atoms with Crippen molar-refractivity contribution in [1.82, 2.24) is 9.80 Å². The Kier molecular flexibility index (Phi) is 10.2. The molecule has 0 atom stereocenters. The summed E-state index contributed by atoms with van der Waals surface area (Å²) in [5, 5.41) is 0. The maximum Gasteiger partial charge on any atom is 0.307 e. The van der Waals surface area contributed by atoms with Gasteiger partial charge in [-0.25, -0.2) is 0 Å². The molecule has 1 aliphatic heterocycles. The van der Waals surface area contributed by atoms with Gasteiger partial charge in [-0.05, 0) is 13.5 Å². The van der Waals surface area contributed by atoms with Crippen molar-refractivity contribution in [3.8, 4) is 0 Å². The lowest BCUT2D eigenvalue weighted by atomic mass is 10.3. The predicted molar refractivity (Wildman–Crippen MR) is 71.2 cm³/mol. The number of hydrogen-bond acceptors (Lipinski definition) is 4. The quantitative estimate of drug-likeness (QED) is 0.688. The highest BCUT2D eigenvalue weighted by molar-refractivity contribution is 5.69. The second kappa shape index (κ2) is 10.5. The van der Waals surface area contributed by atoms with Crippen LogP contribution in [0.5, 0.6) is 0 Å². The number of hydrogen-bond donors (Lipinski definition) is 0. The van der Waals surface area contributed by atoms with Crippen molar-refractivity contribution in [2.24, 2.45) is 0 Å². The van der Waals surface area contributed by atoms with Crippen molar-refractivity contribution in [2.75, 3.05) is 46.4 Å². The molecule has 1 rings (SSSR count). The SMILES string of the molecule is CC.CCCOC(=O)CCN1CCN(C)CC1. The largest absolute Gasteiger partial charge is 0.466 e. The molecule has 4 heteroatoms. The summed E-state index contributed by atoms with van der Waals surface area (Å²) in [5.74, 6) is -0.0595. The minimum Gasteiger partial charge on any atom is -0.466 e. The summed E-state index contributed by atoms with van der Waals surface area (Å²) in [6.07, 6.45) is 1.43. The Morgan fingerprint density at radius 1 is 1.18 bits per heavy atom. The van der Waals surface area contributed by atoms with Crippen LogP contribution in [0.4, 0.5) is 0 Å². The minimum atomic E-state index is -0.0595. The molecule has 1 fully saturated rings. The van der Waals surface area contributed by atoms with Gasteiger partial charge in [-0.2, -0.15) is 0 Å². The topological polar surface area (TPSA) is 32.8 Å². The van der Waals surface area contributed by atoms with Crippen LogP contribution in [-0.4, -0.2) is 62.1 Å². The molecular formula is C13H28N2O2. The van der Waals surface area contributed by atoms with Gasteiger partial charge in [0.05, 0.1) is 13.0 Å². The van der Waals surface area contributed by atoms with E-state index in [-0.39, 0.29) is 5.97 Å². The van der Waals surface area contributed by atoms with Crippen LogP contribution in [0.2, 0.25) is 0 Å². The van der Waals surface area contributed by atoms with E-state index in [4.69, 9.17) is 4.74 Å². The molecule has 1 saturated heterocycles. The number of esters is 1. The van der Waals surface area contributed by atoms with Crippen LogP contribution in [0.25, 0.3) is 0 Å². The van der Waals surface area contributed by atoms with E-state index in [9.17, 15) is 4.79 Å². The maximum absolute atomic E-state index is 11.2. The number of carbonyl (C=O) groups is 1. The van der Waals surface area contributed by atoms with E-state index in [1.807, 2.05) is 20.8 Å². The Morgan fingerprint density at radius 3 is 2.29 bits per heavy atom. The molecule has 0 N–H and O–H groups in total. The average molecular weight is 244 g/mol. The lowest BCUT2D eigenvalue weighted by Gasteiger charge is -2.31. The number of likely N-dealkylation sites (N-methyl/N-ethyl adjacent to an activating group) is 1. The van der Waals surface area contributed by atoms with Crippen molar-refractivity contribution >= 4 is 5.97 Å². The van der Waals surface area contributed by atoms with Gasteiger partial charge >= 0.3 is 5.97 Å². The van der Waals surface area contributed by atoms with Gasteiger partial charge in [0, 0.05) is 32.7 Å². The van der Waals surface area contributed by atoms with Gasteiger partial charge in [0.1, 0.15) is 0 Å². The normalized spacial score (nSPS) is 17.2. The van der Waals surface area contributed by atoms with E-state index in [1.165, 1.54) is 0 Å². The van der Waals surface area contributed by atoms with Crippen LogP contribution >= 0.6 is 0 Å². The van der Waals surface area contributed by atoms with Crippen molar-refractivity contribution < 1.29 is 9.53 Å². The van der Waals surface area contributed by atoms with Gasteiger partial charge in [-0.3, -0.25) is 4.79 Å². The van der Waals surface area contributed by atoms with Gasteiger partial charge in [0.15, 0.2) is 0 Å². The van der Waals surface area contributed by atoms with E-state index in [0.29, 0.717) is 13.0 Å². The molecule has 1 aliphatic rings. The number of piperazine rings is 1. The summed E-state index contributed by atoms with van der Waals surface area (Å²) in [7, 11) is 2.13. The molecule has 0 saturated carbocycles.